The van der Waals surface area contributed by atoms with E-state index in [0.29, 0.717) is 5.92 Å². The van der Waals surface area contributed by atoms with Crippen molar-refractivity contribution in [2.45, 2.75) is 17.2 Å². The number of hydrogen-bond donors (Lipinski definition) is 0. The third kappa shape index (κ3) is 4.32. The molecule has 8 aromatic carbocycles. The molecule has 2 heterocycles. The van der Waals surface area contributed by atoms with Gasteiger partial charge in [-0.25, -0.2) is 0 Å². The van der Waals surface area contributed by atoms with E-state index >= 15 is 0 Å². The fourth-order valence-corrected chi connectivity index (χ4v) is 10.9. The minimum Gasteiger partial charge on any atom is -0.135 e. The van der Waals surface area contributed by atoms with Crippen LogP contribution >= 0.6 is 23.1 Å². The lowest BCUT2D eigenvalue weighted by molar-refractivity contribution is 0.855. The van der Waals surface area contributed by atoms with Crippen LogP contribution in [0.4, 0.5) is 0 Å². The maximum absolute atomic E-state index is 2.49. The van der Waals surface area contributed by atoms with E-state index in [1.165, 1.54) is 101 Å². The Morgan fingerprint density at radius 3 is 2.06 bits per heavy atom. The summed E-state index contributed by atoms with van der Waals surface area (Å²) < 4.78 is 2.71. The van der Waals surface area contributed by atoms with Gasteiger partial charge in [-0.1, -0.05) is 157 Å². The van der Waals surface area contributed by atoms with Crippen molar-refractivity contribution < 1.29 is 0 Å². The van der Waals surface area contributed by atoms with Crippen molar-refractivity contribution in [1.82, 2.24) is 0 Å². The van der Waals surface area contributed by atoms with Crippen molar-refractivity contribution in [2.24, 2.45) is 0 Å². The molecule has 2 aliphatic rings. The summed E-state index contributed by atoms with van der Waals surface area (Å²) in [6.45, 7) is 0. The molecule has 0 amide bonds. The van der Waals surface area contributed by atoms with Gasteiger partial charge in [0.15, 0.2) is 0 Å². The van der Waals surface area contributed by atoms with Crippen molar-refractivity contribution >= 4 is 81.2 Å². The summed E-state index contributed by atoms with van der Waals surface area (Å²) in [4.78, 5) is 2.87. The van der Waals surface area contributed by atoms with E-state index < -0.39 is 0 Å². The maximum atomic E-state index is 2.49. The zero-order valence-electron chi connectivity index (χ0n) is 27.2. The molecule has 1 aromatic heterocycles. The van der Waals surface area contributed by atoms with Gasteiger partial charge in [0.2, 0.25) is 0 Å². The van der Waals surface area contributed by atoms with Crippen molar-refractivity contribution in [3.8, 4) is 22.3 Å². The Balaban J connectivity index is 0.989. The molecule has 9 aromatic rings. The number of thioether (sulfide) groups is 1. The van der Waals surface area contributed by atoms with Crippen molar-refractivity contribution in [2.75, 3.05) is 0 Å². The average Bonchev–Trinajstić information content (AvgIpc) is 3.55. The predicted octanol–water partition coefficient (Wildman–Crippen LogP) is 14.4. The SMILES string of the molecule is C1=CC(c2cccc3ccccc23)CC2=C1c1cc3sc4cc(-c5ccc(-c6cccc7ccccc67)cc5)ccc4c3c3cccc(c13)S2. The van der Waals surface area contributed by atoms with Crippen LogP contribution in [0.5, 0.6) is 0 Å². The highest BCUT2D eigenvalue weighted by molar-refractivity contribution is 8.03. The number of hydrogen-bond acceptors (Lipinski definition) is 2. The summed E-state index contributed by atoms with van der Waals surface area (Å²) in [5, 5.41) is 10.8. The molecule has 0 N–H and O–H groups in total. The largest absolute Gasteiger partial charge is 0.135 e. The van der Waals surface area contributed by atoms with Gasteiger partial charge < -0.3 is 0 Å². The zero-order chi connectivity index (χ0) is 32.8. The van der Waals surface area contributed by atoms with Crippen LogP contribution in [0.2, 0.25) is 0 Å². The first-order valence-electron chi connectivity index (χ1n) is 17.3. The van der Waals surface area contributed by atoms with E-state index in [-0.39, 0.29) is 0 Å². The lowest BCUT2D eigenvalue weighted by Gasteiger charge is -2.28. The van der Waals surface area contributed by atoms with E-state index in [1.807, 2.05) is 23.1 Å². The highest BCUT2D eigenvalue weighted by Gasteiger charge is 2.28. The summed E-state index contributed by atoms with van der Waals surface area (Å²) in [5.41, 5.74) is 9.26. The van der Waals surface area contributed by atoms with Crippen LogP contribution in [0.25, 0.3) is 80.3 Å². The first kappa shape index (κ1) is 28.4. The first-order chi connectivity index (χ1) is 24.8. The van der Waals surface area contributed by atoms with Gasteiger partial charge in [0.1, 0.15) is 0 Å². The molecule has 1 aliphatic carbocycles. The Morgan fingerprint density at radius 1 is 0.480 bits per heavy atom. The molecule has 11 rings (SSSR count). The molecule has 1 atom stereocenters. The second kappa shape index (κ2) is 11.1. The Bertz CT molecular complexity index is 2910. The van der Waals surface area contributed by atoms with Crippen molar-refractivity contribution in [1.29, 1.82) is 0 Å². The highest BCUT2D eigenvalue weighted by Crippen LogP contribution is 2.54. The molecule has 234 valence electrons. The molecular formula is C48H30S2. The van der Waals surface area contributed by atoms with E-state index in [1.54, 1.807) is 0 Å². The normalized spacial score (nSPS) is 15.5. The number of rotatable bonds is 3. The van der Waals surface area contributed by atoms with E-state index in [4.69, 9.17) is 0 Å². The van der Waals surface area contributed by atoms with Crippen LogP contribution in [-0.4, -0.2) is 0 Å². The number of benzene rings is 8. The predicted molar refractivity (Wildman–Crippen MR) is 218 cm³/mol. The van der Waals surface area contributed by atoms with Gasteiger partial charge in [0, 0.05) is 36.4 Å². The third-order valence-electron chi connectivity index (χ3n) is 10.8. The Morgan fingerprint density at radius 2 is 1.18 bits per heavy atom. The molecule has 0 spiro atoms. The van der Waals surface area contributed by atoms with Crippen LogP contribution < -0.4 is 0 Å². The summed E-state index contributed by atoms with van der Waals surface area (Å²) in [5.74, 6) is 0.376. The minimum atomic E-state index is 0.376. The smallest absolute Gasteiger partial charge is 0.0368 e. The zero-order valence-corrected chi connectivity index (χ0v) is 28.8. The van der Waals surface area contributed by atoms with Gasteiger partial charge in [0.25, 0.3) is 0 Å². The lowest BCUT2D eigenvalue weighted by atomic mass is 9.84. The molecule has 1 aliphatic heterocycles. The summed E-state index contributed by atoms with van der Waals surface area (Å²) >= 11 is 3.92. The molecule has 0 saturated heterocycles. The van der Waals surface area contributed by atoms with E-state index in [0.717, 1.165) is 6.42 Å². The second-order valence-corrected chi connectivity index (χ2v) is 15.8. The number of fused-ring (bicyclic) bond motifs is 7. The van der Waals surface area contributed by atoms with Gasteiger partial charge in [-0.05, 0) is 95.4 Å². The molecular weight excluding hydrogens is 641 g/mol. The monoisotopic (exact) mass is 670 g/mol. The van der Waals surface area contributed by atoms with Gasteiger partial charge in [-0.3, -0.25) is 0 Å². The van der Waals surface area contributed by atoms with Crippen LogP contribution in [0.15, 0.2) is 174 Å². The van der Waals surface area contributed by atoms with Crippen molar-refractivity contribution in [3.63, 3.8) is 0 Å². The maximum Gasteiger partial charge on any atom is 0.0368 e. The van der Waals surface area contributed by atoms with Gasteiger partial charge in [-0.15, -0.1) is 11.3 Å². The number of thiophene rings is 1. The van der Waals surface area contributed by atoms with E-state index in [2.05, 4.69) is 164 Å². The number of allylic oxidation sites excluding steroid dienone is 4. The molecule has 0 fully saturated rings. The van der Waals surface area contributed by atoms with Crippen LogP contribution in [0.3, 0.4) is 0 Å². The molecule has 0 bridgehead atoms. The standard InChI is InChI=1S/C48H30S2/c1-3-12-35-30(8-1)10-5-14-37(35)32-20-18-29(19-21-32)33-22-25-40-45(26-33)50-46-28-42-39-24-23-34(38-15-6-11-31-9-2-4-13-36(31)38)27-44(39)49-43-17-7-16-41(47(40)46)48(42)43/h1-26,28,34H,27H2. The van der Waals surface area contributed by atoms with Gasteiger partial charge >= 0.3 is 0 Å². The highest BCUT2D eigenvalue weighted by atomic mass is 32.2. The van der Waals surface area contributed by atoms with Crippen LogP contribution in [0.1, 0.15) is 23.5 Å². The van der Waals surface area contributed by atoms with Crippen LogP contribution in [-0.2, 0) is 0 Å². The Labute approximate surface area is 299 Å². The topological polar surface area (TPSA) is 0 Å². The molecule has 0 saturated carbocycles. The molecule has 0 nitrogen and oxygen atoms in total. The summed E-state index contributed by atoms with van der Waals surface area (Å²) in [7, 11) is 0. The van der Waals surface area contributed by atoms with E-state index in [9.17, 15) is 0 Å². The van der Waals surface area contributed by atoms with Gasteiger partial charge in [0.05, 0.1) is 0 Å². The third-order valence-corrected chi connectivity index (χ3v) is 13.1. The van der Waals surface area contributed by atoms with Crippen LogP contribution in [0, 0.1) is 0 Å². The molecule has 0 radical (unpaired) electrons. The Hall–Kier alpha value is -5.41. The quantitative estimate of drug-likeness (QED) is 0.180. The second-order valence-electron chi connectivity index (χ2n) is 13.6. The Kier molecular flexibility index (Phi) is 6.28. The van der Waals surface area contributed by atoms with Gasteiger partial charge in [-0.2, -0.15) is 0 Å². The molecule has 2 heteroatoms. The molecule has 50 heavy (non-hydrogen) atoms. The fourth-order valence-electron chi connectivity index (χ4n) is 8.45. The molecule has 1 unspecified atom stereocenters. The summed E-state index contributed by atoms with van der Waals surface area (Å²) in [6, 6.07) is 56.4. The fraction of sp³-hybridized carbons (Fsp3) is 0.0417. The average molecular weight is 671 g/mol. The van der Waals surface area contributed by atoms with Crippen molar-refractivity contribution in [3.05, 3.63) is 180 Å². The summed E-state index contributed by atoms with van der Waals surface area (Å²) in [6.07, 6.45) is 5.91. The minimum absolute atomic E-state index is 0.376. The first-order valence-corrected chi connectivity index (χ1v) is 19.0. The lowest BCUT2D eigenvalue weighted by Crippen LogP contribution is -2.06.